The average Bonchev–Trinajstić information content (AvgIpc) is 3.35. The second kappa shape index (κ2) is 10.0. The number of alkyl halides is 3. The molecule has 8 nitrogen and oxygen atoms in total. The lowest BCUT2D eigenvalue weighted by atomic mass is 9.80. The zero-order valence-electron chi connectivity index (χ0n) is 22.0. The summed E-state index contributed by atoms with van der Waals surface area (Å²) < 4.78 is 44.8. The number of nitrogen functional groups attached to an aromatic ring is 1. The largest absolute Gasteiger partial charge is 0.451 e. The predicted molar refractivity (Wildman–Crippen MR) is 143 cm³/mol. The van der Waals surface area contributed by atoms with E-state index >= 15 is 0 Å². The monoisotopic (exact) mass is 541 g/mol. The molecule has 1 spiro atoms. The van der Waals surface area contributed by atoms with Crippen molar-refractivity contribution in [3.63, 3.8) is 0 Å². The van der Waals surface area contributed by atoms with E-state index in [9.17, 15) is 13.2 Å². The number of oxazole rings is 1. The van der Waals surface area contributed by atoms with Crippen LogP contribution in [0.25, 0.3) is 11.3 Å². The molecule has 1 aromatic carbocycles. The molecule has 2 saturated carbocycles. The highest BCUT2D eigenvalue weighted by molar-refractivity contribution is 5.62. The second-order valence-electron chi connectivity index (χ2n) is 11.2. The van der Waals surface area contributed by atoms with Gasteiger partial charge in [0.1, 0.15) is 0 Å². The molecule has 1 saturated heterocycles. The van der Waals surface area contributed by atoms with Gasteiger partial charge >= 0.3 is 6.18 Å². The number of nitrogens with zero attached hydrogens (tertiary/aromatic N) is 5. The molecule has 2 aliphatic carbocycles. The van der Waals surface area contributed by atoms with Crippen LogP contribution >= 0.6 is 0 Å². The summed E-state index contributed by atoms with van der Waals surface area (Å²) in [7, 11) is 2.08. The van der Waals surface area contributed by atoms with E-state index in [1.807, 2.05) is 24.3 Å². The molecule has 3 fully saturated rings. The highest BCUT2D eigenvalue weighted by Gasteiger charge is 2.61. The van der Waals surface area contributed by atoms with Crippen molar-refractivity contribution in [3.05, 3.63) is 48.7 Å². The van der Waals surface area contributed by atoms with Gasteiger partial charge in [-0.05, 0) is 44.2 Å². The number of halogens is 3. The molecule has 4 atom stereocenters. The van der Waals surface area contributed by atoms with Crippen LogP contribution in [-0.2, 0) is 6.18 Å². The Morgan fingerprint density at radius 1 is 1.10 bits per heavy atom. The molecular formula is C28H34F3N7O. The van der Waals surface area contributed by atoms with Gasteiger partial charge in [-0.1, -0.05) is 25.0 Å². The molecule has 3 aromatic rings. The molecule has 1 aliphatic heterocycles. The smallest absolute Gasteiger partial charge is 0.423 e. The van der Waals surface area contributed by atoms with Crippen LogP contribution in [0.15, 0.2) is 47.3 Å². The summed E-state index contributed by atoms with van der Waals surface area (Å²) in [5, 5.41) is 3.91. The quantitative estimate of drug-likeness (QED) is 0.415. The van der Waals surface area contributed by atoms with Crippen LogP contribution in [0.5, 0.6) is 0 Å². The minimum Gasteiger partial charge on any atom is -0.423 e. The fourth-order valence-corrected chi connectivity index (χ4v) is 6.67. The molecule has 6 rings (SSSR count). The van der Waals surface area contributed by atoms with Gasteiger partial charge in [-0.25, -0.2) is 15.0 Å². The van der Waals surface area contributed by atoms with Crippen molar-refractivity contribution in [2.75, 3.05) is 35.7 Å². The average molecular weight is 542 g/mol. The first-order valence-corrected chi connectivity index (χ1v) is 13.7. The number of hydrogen-bond donors (Lipinski definition) is 2. The van der Waals surface area contributed by atoms with Crippen LogP contribution in [0.2, 0.25) is 0 Å². The third-order valence-electron chi connectivity index (χ3n) is 8.70. The molecule has 2 aromatic heterocycles. The number of aromatic nitrogens is 3. The summed E-state index contributed by atoms with van der Waals surface area (Å²) in [5.41, 5.74) is 8.34. The van der Waals surface area contributed by atoms with Gasteiger partial charge in [0.25, 0.3) is 6.01 Å². The van der Waals surface area contributed by atoms with Gasteiger partial charge in [-0.3, -0.25) is 0 Å². The maximum absolute atomic E-state index is 12.9. The standard InChI is InChI=1S/C28H34F3N7O/c1-37(26-35-16-22(39-26)18-6-4-7-19(32)12-18)24-9-2-3-10-27(24)13-23(27)36-20-8-5-11-38(17-20)21-14-33-25(34-15-21)28(29,30)31/h4,6-7,12,14-16,20,23-24,36H,2-3,5,8-11,13,17,32H2,1H3/t20-,23?,24+,27?/m0/s1. The molecular weight excluding hydrogens is 507 g/mol. The lowest BCUT2D eigenvalue weighted by molar-refractivity contribution is -0.144. The summed E-state index contributed by atoms with van der Waals surface area (Å²) in [4.78, 5) is 16.0. The predicted octanol–water partition coefficient (Wildman–Crippen LogP) is 5.13. The lowest BCUT2D eigenvalue weighted by Crippen LogP contribution is -2.50. The van der Waals surface area contributed by atoms with Crippen molar-refractivity contribution in [2.45, 2.75) is 69.2 Å². The molecule has 3 heterocycles. The number of nitrogens with two attached hydrogens (primary N) is 1. The van der Waals surface area contributed by atoms with E-state index < -0.39 is 12.0 Å². The van der Waals surface area contributed by atoms with E-state index in [-0.39, 0.29) is 11.5 Å². The Morgan fingerprint density at radius 3 is 2.69 bits per heavy atom. The second-order valence-corrected chi connectivity index (χ2v) is 11.2. The van der Waals surface area contributed by atoms with E-state index in [1.165, 1.54) is 25.2 Å². The van der Waals surface area contributed by atoms with Crippen molar-refractivity contribution in [1.82, 2.24) is 20.3 Å². The number of rotatable bonds is 6. The van der Waals surface area contributed by atoms with Crippen molar-refractivity contribution in [2.24, 2.45) is 5.41 Å². The summed E-state index contributed by atoms with van der Waals surface area (Å²) >= 11 is 0. The third kappa shape index (κ3) is 5.16. The number of anilines is 3. The van der Waals surface area contributed by atoms with Crippen LogP contribution in [0.3, 0.4) is 0 Å². The zero-order chi connectivity index (χ0) is 27.2. The summed E-state index contributed by atoms with van der Waals surface area (Å²) in [5.74, 6) is -0.398. The maximum atomic E-state index is 12.9. The number of piperidine rings is 1. The van der Waals surface area contributed by atoms with Gasteiger partial charge in [0.2, 0.25) is 5.82 Å². The van der Waals surface area contributed by atoms with Crippen LogP contribution in [0, 0.1) is 5.41 Å². The molecule has 39 heavy (non-hydrogen) atoms. The molecule has 0 bridgehead atoms. The Labute approximate surface area is 225 Å². The van der Waals surface area contributed by atoms with E-state index in [2.05, 4.69) is 37.1 Å². The van der Waals surface area contributed by atoms with Gasteiger partial charge in [0, 0.05) is 54.9 Å². The Kier molecular flexibility index (Phi) is 6.65. The maximum Gasteiger partial charge on any atom is 0.451 e. The fourth-order valence-electron chi connectivity index (χ4n) is 6.67. The topological polar surface area (TPSA) is 96.3 Å². The van der Waals surface area contributed by atoms with Gasteiger partial charge in [-0.2, -0.15) is 13.2 Å². The zero-order valence-corrected chi connectivity index (χ0v) is 22.0. The molecule has 2 unspecified atom stereocenters. The Balaban J connectivity index is 1.12. The fraction of sp³-hybridized carbons (Fsp3) is 0.536. The number of hydrogen-bond acceptors (Lipinski definition) is 8. The van der Waals surface area contributed by atoms with E-state index in [4.69, 9.17) is 10.2 Å². The van der Waals surface area contributed by atoms with Gasteiger partial charge in [0.15, 0.2) is 5.76 Å². The summed E-state index contributed by atoms with van der Waals surface area (Å²) in [6.07, 6.45) is 7.55. The molecule has 0 radical (unpaired) electrons. The number of benzene rings is 1. The van der Waals surface area contributed by atoms with Gasteiger partial charge in [-0.15, -0.1) is 0 Å². The van der Waals surface area contributed by atoms with Crippen molar-refractivity contribution in [3.8, 4) is 11.3 Å². The summed E-state index contributed by atoms with van der Waals surface area (Å²) in [6, 6.07) is 9.20. The highest BCUT2D eigenvalue weighted by atomic mass is 19.4. The molecule has 0 amide bonds. The SMILES string of the molecule is CN(c1ncc(-c2cccc(N)c2)o1)[C@@H]1CCCCC12CC2N[C@H]1CCCN(c2cnc(C(F)(F)F)nc2)C1. The van der Waals surface area contributed by atoms with Gasteiger partial charge in [0.05, 0.1) is 24.3 Å². The normalized spacial score (nSPS) is 27.1. The first-order valence-electron chi connectivity index (χ1n) is 13.7. The van der Waals surface area contributed by atoms with E-state index in [1.54, 1.807) is 6.20 Å². The van der Waals surface area contributed by atoms with Crippen molar-refractivity contribution in [1.29, 1.82) is 0 Å². The van der Waals surface area contributed by atoms with Crippen molar-refractivity contribution >= 4 is 17.4 Å². The van der Waals surface area contributed by atoms with Gasteiger partial charge < -0.3 is 25.3 Å². The van der Waals surface area contributed by atoms with Crippen LogP contribution in [-0.4, -0.2) is 53.2 Å². The van der Waals surface area contributed by atoms with Crippen molar-refractivity contribution < 1.29 is 17.6 Å². The highest BCUT2D eigenvalue weighted by Crippen LogP contribution is 2.58. The Morgan fingerprint density at radius 2 is 1.92 bits per heavy atom. The first-order chi connectivity index (χ1) is 18.7. The molecule has 3 aliphatic rings. The Bertz CT molecular complexity index is 1300. The molecule has 11 heteroatoms. The van der Waals surface area contributed by atoms with Crippen LogP contribution < -0.4 is 20.9 Å². The van der Waals surface area contributed by atoms with Crippen LogP contribution in [0.4, 0.5) is 30.6 Å². The third-order valence-corrected chi connectivity index (χ3v) is 8.70. The minimum atomic E-state index is -4.53. The van der Waals surface area contributed by atoms with Crippen LogP contribution in [0.1, 0.15) is 50.8 Å². The Hall–Kier alpha value is -3.34. The number of nitrogens with one attached hydrogen (secondary N) is 1. The lowest BCUT2D eigenvalue weighted by Gasteiger charge is -2.40. The van der Waals surface area contributed by atoms with E-state index in [0.717, 1.165) is 50.8 Å². The summed E-state index contributed by atoms with van der Waals surface area (Å²) in [6.45, 7) is 1.51. The first kappa shape index (κ1) is 25.9. The molecule has 3 N–H and O–H groups in total. The minimum absolute atomic E-state index is 0.165. The molecule has 208 valence electrons. The van der Waals surface area contributed by atoms with E-state index in [0.29, 0.717) is 35.2 Å².